The van der Waals surface area contributed by atoms with Crippen LogP contribution in [0.3, 0.4) is 0 Å². The average Bonchev–Trinajstić information content (AvgIpc) is 3.81. The van der Waals surface area contributed by atoms with E-state index in [1.54, 1.807) is 12.1 Å². The fraction of sp³-hybridized carbons (Fsp3) is 0.548. The van der Waals surface area contributed by atoms with Gasteiger partial charge in [0.1, 0.15) is 18.1 Å². The van der Waals surface area contributed by atoms with Crippen LogP contribution in [0.15, 0.2) is 41.6 Å². The zero-order valence-electron chi connectivity index (χ0n) is 23.9. The van der Waals surface area contributed by atoms with E-state index in [0.717, 1.165) is 43.9 Å². The average molecular weight is 566 g/mol. The number of nitrogens with one attached hydrogen (secondary N) is 1. The minimum atomic E-state index is -0.298. The Morgan fingerprint density at radius 1 is 1.22 bits per heavy atom. The van der Waals surface area contributed by atoms with E-state index < -0.39 is 0 Å². The molecule has 3 fully saturated rings. The Bertz CT molecular complexity index is 1300. The van der Waals surface area contributed by atoms with Crippen LogP contribution in [0.1, 0.15) is 43.5 Å². The van der Waals surface area contributed by atoms with Crippen molar-refractivity contribution in [3.63, 3.8) is 0 Å². The summed E-state index contributed by atoms with van der Waals surface area (Å²) in [6.45, 7) is 9.32. The Labute approximate surface area is 240 Å². The van der Waals surface area contributed by atoms with Crippen LogP contribution in [0, 0.1) is 5.82 Å². The molecule has 10 heteroatoms. The Morgan fingerprint density at radius 2 is 2.02 bits per heavy atom. The fourth-order valence-corrected chi connectivity index (χ4v) is 6.20. The van der Waals surface area contributed by atoms with Gasteiger partial charge in [0.15, 0.2) is 0 Å². The van der Waals surface area contributed by atoms with Crippen LogP contribution < -0.4 is 15.0 Å². The number of carbonyl (C=O) groups is 1. The van der Waals surface area contributed by atoms with Gasteiger partial charge in [-0.2, -0.15) is 0 Å². The molecule has 0 radical (unpaired) electrons. The number of rotatable bonds is 7. The summed E-state index contributed by atoms with van der Waals surface area (Å²) in [5.41, 5.74) is 5.65. The lowest BCUT2D eigenvalue weighted by molar-refractivity contribution is -0.121. The summed E-state index contributed by atoms with van der Waals surface area (Å²) in [7, 11) is 0. The number of aromatic nitrogens is 1. The lowest BCUT2D eigenvalue weighted by Gasteiger charge is -2.44. The molecule has 1 saturated carbocycles. The maximum Gasteiger partial charge on any atom is 0.241 e. The van der Waals surface area contributed by atoms with E-state index in [1.165, 1.54) is 36.2 Å². The number of amides is 1. The minimum Gasteiger partial charge on any atom is -0.474 e. The van der Waals surface area contributed by atoms with Gasteiger partial charge in [0, 0.05) is 44.0 Å². The molecule has 0 unspecified atom stereocenters. The highest BCUT2D eigenvalue weighted by atomic mass is 19.1. The summed E-state index contributed by atoms with van der Waals surface area (Å²) in [5, 5.41) is 13.7. The smallest absolute Gasteiger partial charge is 0.241 e. The molecule has 41 heavy (non-hydrogen) atoms. The molecule has 4 heterocycles. The lowest BCUT2D eigenvalue weighted by atomic mass is 10.0. The van der Waals surface area contributed by atoms with Gasteiger partial charge in [-0.15, -0.1) is 0 Å². The standard InChI is InChI=1S/C31H40FN5O4/c1-20-14-36(26(13-33-20)15-35-9-10-40-19-29(35)23-5-6-23)16-30(39)37-21(2)18-41-31-28(37)12-24(27(17-38)34-31)11-22-3-7-25(32)8-4-22/h3-4,7-8,12,20-21,26,33,38H,5-6,9-11,13-19H2,1-2H3/t20-,21+,26-/m1/s1. The van der Waals surface area contributed by atoms with E-state index in [0.29, 0.717) is 43.4 Å². The molecule has 2 N–H and O–H groups in total. The number of fused-ring (bicyclic) bond motifs is 1. The van der Waals surface area contributed by atoms with E-state index in [2.05, 4.69) is 27.0 Å². The van der Waals surface area contributed by atoms with Crippen molar-refractivity contribution in [2.24, 2.45) is 0 Å². The van der Waals surface area contributed by atoms with Crippen LogP contribution in [0.4, 0.5) is 10.1 Å². The summed E-state index contributed by atoms with van der Waals surface area (Å²) in [6.07, 6.45) is 2.79. The molecule has 1 aromatic carbocycles. The topological polar surface area (TPSA) is 90.4 Å². The summed E-state index contributed by atoms with van der Waals surface area (Å²) >= 11 is 0. The number of piperazine rings is 1. The number of hydrogen-bond acceptors (Lipinski definition) is 8. The predicted molar refractivity (Wildman–Crippen MR) is 153 cm³/mol. The number of pyridine rings is 1. The van der Waals surface area contributed by atoms with Crippen molar-refractivity contribution in [1.82, 2.24) is 20.1 Å². The molecular formula is C31H40FN5O4. The maximum atomic E-state index is 14.1. The van der Waals surface area contributed by atoms with Gasteiger partial charge in [0.2, 0.25) is 11.8 Å². The molecule has 9 nitrogen and oxygen atoms in total. The Balaban J connectivity index is 1.23. The Morgan fingerprint density at radius 3 is 2.78 bits per heavy atom. The number of carbonyl (C=O) groups excluding carboxylic acids is 1. The molecule has 4 aliphatic rings. The summed E-state index contributed by atoms with van der Waals surface area (Å²) in [4.78, 5) is 25.3. The first-order chi connectivity index (χ1) is 19.9. The van der Waals surface area contributed by atoms with Crippen molar-refractivity contribution in [3.05, 3.63) is 64.2 Å². The van der Waals surface area contributed by atoms with Gasteiger partial charge in [0.05, 0.1) is 38.1 Å². The molecule has 220 valence electrons. The van der Waals surface area contributed by atoms with Crippen molar-refractivity contribution < 1.29 is 23.8 Å². The van der Waals surface area contributed by atoms with Gasteiger partial charge in [-0.05, 0) is 68.0 Å². The highest BCUT2D eigenvalue weighted by Gasteiger charge is 2.36. The number of ether oxygens (including phenoxy) is 2. The number of allylic oxidation sites excluding steroid dienone is 1. The van der Waals surface area contributed by atoms with Crippen LogP contribution in [-0.4, -0.2) is 96.5 Å². The van der Waals surface area contributed by atoms with E-state index in [-0.39, 0.29) is 36.5 Å². The molecule has 2 aromatic rings. The van der Waals surface area contributed by atoms with E-state index in [4.69, 9.17) is 9.47 Å². The zero-order chi connectivity index (χ0) is 28.5. The molecule has 1 aliphatic carbocycles. The van der Waals surface area contributed by atoms with Gasteiger partial charge in [0.25, 0.3) is 0 Å². The first-order valence-electron chi connectivity index (χ1n) is 14.7. The number of anilines is 1. The van der Waals surface area contributed by atoms with Crippen LogP contribution in [0.5, 0.6) is 5.88 Å². The molecule has 3 atom stereocenters. The number of aliphatic hydroxyl groups is 1. The van der Waals surface area contributed by atoms with Gasteiger partial charge in [-0.3, -0.25) is 9.69 Å². The third-order valence-electron chi connectivity index (χ3n) is 8.56. The van der Waals surface area contributed by atoms with Crippen molar-refractivity contribution in [2.75, 3.05) is 57.4 Å². The van der Waals surface area contributed by atoms with Crippen molar-refractivity contribution in [2.45, 2.75) is 57.8 Å². The highest BCUT2D eigenvalue weighted by Crippen LogP contribution is 2.36. The number of halogens is 1. The van der Waals surface area contributed by atoms with Crippen molar-refractivity contribution >= 4 is 11.6 Å². The summed E-state index contributed by atoms with van der Waals surface area (Å²) < 4.78 is 25.2. The van der Waals surface area contributed by atoms with E-state index >= 15 is 0 Å². The second-order valence-electron chi connectivity index (χ2n) is 11.7. The molecule has 6 rings (SSSR count). The molecule has 1 aromatic heterocycles. The monoisotopic (exact) mass is 565 g/mol. The first-order valence-corrected chi connectivity index (χ1v) is 14.7. The predicted octanol–water partition coefficient (Wildman–Crippen LogP) is 2.46. The van der Waals surface area contributed by atoms with Gasteiger partial charge >= 0.3 is 0 Å². The molecule has 0 bridgehead atoms. The minimum absolute atomic E-state index is 0.00943. The molecular weight excluding hydrogens is 525 g/mol. The molecule has 0 spiro atoms. The number of morpholine rings is 1. The van der Waals surface area contributed by atoms with E-state index in [9.17, 15) is 14.3 Å². The largest absolute Gasteiger partial charge is 0.474 e. The molecule has 2 saturated heterocycles. The van der Waals surface area contributed by atoms with E-state index in [1.807, 2.05) is 17.9 Å². The summed E-state index contributed by atoms with van der Waals surface area (Å²) in [5.74, 6) is 0.0750. The second-order valence-corrected chi connectivity index (χ2v) is 11.7. The number of benzene rings is 1. The van der Waals surface area contributed by atoms with Crippen LogP contribution in [0.2, 0.25) is 0 Å². The highest BCUT2D eigenvalue weighted by molar-refractivity contribution is 5.97. The number of nitrogens with zero attached hydrogens (tertiary/aromatic N) is 4. The van der Waals surface area contributed by atoms with Gasteiger partial charge in [-0.1, -0.05) is 12.1 Å². The first kappa shape index (κ1) is 28.1. The quantitative estimate of drug-likeness (QED) is 0.530. The van der Waals surface area contributed by atoms with Crippen LogP contribution in [0.25, 0.3) is 0 Å². The van der Waals surface area contributed by atoms with Gasteiger partial charge in [-0.25, -0.2) is 9.37 Å². The van der Waals surface area contributed by atoms with Crippen LogP contribution in [-0.2, 0) is 22.6 Å². The normalized spacial score (nSPS) is 24.7. The number of aliphatic hydroxyl groups excluding tert-OH is 1. The fourth-order valence-electron chi connectivity index (χ4n) is 6.20. The van der Waals surface area contributed by atoms with Crippen molar-refractivity contribution in [3.8, 4) is 5.88 Å². The zero-order valence-corrected chi connectivity index (χ0v) is 23.9. The van der Waals surface area contributed by atoms with Crippen molar-refractivity contribution in [1.29, 1.82) is 0 Å². The second kappa shape index (κ2) is 12.1. The third kappa shape index (κ3) is 6.25. The third-order valence-corrected chi connectivity index (χ3v) is 8.56. The summed E-state index contributed by atoms with van der Waals surface area (Å²) in [6, 6.07) is 8.52. The SMILES string of the molecule is C[C@@H]1CN(CC(=O)N2c3cc(Cc4ccc(F)cc4)c(CO)nc3OC[C@@H]2C)[C@@H](CN2CCOCC2=C2CC2)CN1. The van der Waals surface area contributed by atoms with Gasteiger partial charge < -0.3 is 29.7 Å². The Kier molecular flexibility index (Phi) is 8.26. The lowest BCUT2D eigenvalue weighted by Crippen LogP contribution is -2.61. The number of hydrogen-bond donors (Lipinski definition) is 2. The Hall–Kier alpha value is -3.05. The maximum absolute atomic E-state index is 14.1. The molecule has 3 aliphatic heterocycles. The van der Waals surface area contributed by atoms with Crippen LogP contribution >= 0.6 is 0 Å². The molecule has 1 amide bonds.